The molecule has 0 saturated carbocycles. The van der Waals surface area contributed by atoms with Crippen molar-refractivity contribution in [1.29, 1.82) is 0 Å². The molecule has 2 aliphatic heterocycles. The number of amides is 3. The second kappa shape index (κ2) is 26.2. The van der Waals surface area contributed by atoms with Crippen LogP contribution in [0, 0.1) is 0 Å². The van der Waals surface area contributed by atoms with E-state index in [0.29, 0.717) is 100 Å². The summed E-state index contributed by atoms with van der Waals surface area (Å²) in [5.41, 5.74) is 10.9. The molecule has 3 amide bonds. The summed E-state index contributed by atoms with van der Waals surface area (Å²) in [6.45, 7) is 14.9. The Morgan fingerprint density at radius 1 is 0.697 bits per heavy atom. The van der Waals surface area contributed by atoms with E-state index < -0.39 is 38.2 Å². The summed E-state index contributed by atoms with van der Waals surface area (Å²) in [6, 6.07) is 26.8. The second-order valence-electron chi connectivity index (χ2n) is 24.6. The number of para-hydroxylation sites is 2. The zero-order valence-electron chi connectivity index (χ0n) is 51.1. The van der Waals surface area contributed by atoms with Gasteiger partial charge in [0, 0.05) is 104 Å². The summed E-state index contributed by atoms with van der Waals surface area (Å²) in [4.78, 5) is 57.0. The summed E-state index contributed by atoms with van der Waals surface area (Å²) in [5.74, 6) is -1.15. The average Bonchev–Trinajstić information content (AvgIpc) is 1.75. The van der Waals surface area contributed by atoms with E-state index in [9.17, 15) is 40.7 Å². The highest BCUT2D eigenvalue weighted by molar-refractivity contribution is 6.76. The first kappa shape index (κ1) is 64.9. The Morgan fingerprint density at radius 3 is 1.81 bits per heavy atom. The van der Waals surface area contributed by atoms with Crippen LogP contribution in [0.4, 0.5) is 42.5 Å². The predicted molar refractivity (Wildman–Crippen MR) is 331 cm³/mol. The van der Waals surface area contributed by atoms with Crippen molar-refractivity contribution in [3.8, 4) is 56.3 Å². The first-order valence-corrected chi connectivity index (χ1v) is 32.5. The summed E-state index contributed by atoms with van der Waals surface area (Å²) < 4.78 is 101. The van der Waals surface area contributed by atoms with E-state index in [0.717, 1.165) is 18.9 Å². The lowest BCUT2D eigenvalue weighted by atomic mass is 10.00. The molecule has 0 aliphatic carbocycles. The number of anilines is 2. The first-order valence-electron chi connectivity index (χ1n) is 28.8. The number of ether oxygens (including phenoxy) is 4. The third-order valence-corrected chi connectivity index (χ3v) is 16.9. The number of nitrogens with two attached hydrogens (primary N) is 1. The molecule has 6 heterocycles. The molecule has 10 rings (SSSR count). The molecule has 4 aromatic heterocycles. The van der Waals surface area contributed by atoms with Crippen LogP contribution in [0.15, 0.2) is 109 Å². The van der Waals surface area contributed by atoms with Gasteiger partial charge >= 0.3 is 18.8 Å². The van der Waals surface area contributed by atoms with Crippen LogP contribution < -0.4 is 20.5 Å². The Hall–Kier alpha value is -8.59. The molecule has 19 nitrogen and oxygen atoms in total. The third-order valence-electron chi connectivity index (χ3n) is 15.2. The quantitative estimate of drug-likeness (QED) is 0.0356. The number of alkyl halides is 6. The molecule has 4 aromatic carbocycles. The average molecular weight is 1250 g/mol. The molecule has 2 unspecified atom stereocenters. The number of nitrogen functional groups attached to an aromatic ring is 1. The number of aromatic nitrogens is 6. The zero-order valence-corrected chi connectivity index (χ0v) is 52.1. The summed E-state index contributed by atoms with van der Waals surface area (Å²) >= 11 is 0. The van der Waals surface area contributed by atoms with Crippen LogP contribution in [-0.2, 0) is 16.2 Å². The van der Waals surface area contributed by atoms with Crippen molar-refractivity contribution in [3.05, 3.63) is 121 Å². The minimum Gasteiger partial charge on any atom is -0.444 e. The molecular weight excluding hydrogens is 1180 g/mol. The number of aromatic amines is 1. The normalized spacial score (nSPS) is 15.7. The van der Waals surface area contributed by atoms with Crippen LogP contribution in [0.1, 0.15) is 54.3 Å². The number of carbonyl (C=O) groups excluding carboxylic acids is 3. The van der Waals surface area contributed by atoms with Crippen molar-refractivity contribution in [3.63, 3.8) is 0 Å². The lowest BCUT2D eigenvalue weighted by molar-refractivity contribution is -0.275. The van der Waals surface area contributed by atoms with Gasteiger partial charge in [-0.15, -0.1) is 26.3 Å². The molecule has 0 spiro atoms. The van der Waals surface area contributed by atoms with Crippen LogP contribution in [-0.4, -0.2) is 167 Å². The highest BCUT2D eigenvalue weighted by atomic mass is 28.3. The lowest BCUT2D eigenvalue weighted by Gasteiger charge is -2.23. The minimum atomic E-state index is -4.92. The summed E-state index contributed by atoms with van der Waals surface area (Å²) in [6.07, 6.45) is -5.55. The number of carbonyl (C=O) groups is 3. The number of halogens is 6. The van der Waals surface area contributed by atoms with E-state index in [-0.39, 0.29) is 58.4 Å². The summed E-state index contributed by atoms with van der Waals surface area (Å²) in [7, 11) is 6.56. The van der Waals surface area contributed by atoms with Gasteiger partial charge in [-0.1, -0.05) is 56.0 Å². The van der Waals surface area contributed by atoms with Gasteiger partial charge in [-0.25, -0.2) is 19.4 Å². The molecule has 472 valence electrons. The van der Waals surface area contributed by atoms with E-state index >= 15 is 0 Å². The molecular formula is C63H72F6N12O7Si. The number of hydrogen-bond acceptors (Lipinski definition) is 14. The fourth-order valence-electron chi connectivity index (χ4n) is 10.4. The standard InChI is InChI=1S/C37H47F3N6O5Si.C26H25F3N6O2/c1-36(2,3)51-35(48)42-30-14-13-24(19-28(30)34(47)45-16-15-26(22-45)44(4)5)25-20-29-32(27-11-9-10-12-31(27)50-37(38,39)40)43-46(33(29)41-21-25)23-49-17-18-52(6,7)8;1-34(2)17-9-10-35(14-17)25(36)19-11-15(7-8-21(19)30)16-12-20-23(32-33-24(20)31-13-16)18-5-3-4-6-22(18)37-26(27,28)29/h9-14,19-21,26H,15-18,22-23H2,1-8H3,(H,42,48);3-8,11-13,17H,9-10,14,30H2,1-2H3,(H,31,32,33). The fourth-order valence-corrected chi connectivity index (χ4v) is 11.2. The van der Waals surface area contributed by atoms with Gasteiger partial charge in [-0.2, -0.15) is 10.2 Å². The fraction of sp³-hybridized carbons (Fsp3) is 0.381. The van der Waals surface area contributed by atoms with E-state index in [1.54, 1.807) is 104 Å². The lowest BCUT2D eigenvalue weighted by Crippen LogP contribution is -2.35. The Bertz CT molecular complexity index is 3880. The molecule has 2 atom stereocenters. The van der Waals surface area contributed by atoms with Gasteiger partial charge in [0.05, 0.1) is 22.5 Å². The van der Waals surface area contributed by atoms with Crippen molar-refractivity contribution in [1.82, 2.24) is 49.5 Å². The molecule has 26 heteroatoms. The number of likely N-dealkylation sites (N-methyl/N-ethyl adjacent to an activating group) is 2. The van der Waals surface area contributed by atoms with Gasteiger partial charge < -0.3 is 44.3 Å². The van der Waals surface area contributed by atoms with Gasteiger partial charge in [-0.05, 0) is 140 Å². The van der Waals surface area contributed by atoms with Crippen LogP contribution in [0.25, 0.3) is 66.8 Å². The van der Waals surface area contributed by atoms with Crippen LogP contribution in [0.5, 0.6) is 11.5 Å². The number of benzene rings is 4. The topological polar surface area (TPSA) is 211 Å². The molecule has 4 N–H and O–H groups in total. The maximum atomic E-state index is 14.0. The van der Waals surface area contributed by atoms with E-state index in [1.807, 2.05) is 28.2 Å². The molecule has 89 heavy (non-hydrogen) atoms. The molecule has 0 radical (unpaired) electrons. The van der Waals surface area contributed by atoms with E-state index in [1.165, 1.54) is 41.1 Å². The SMILES string of the molecule is CN(C)C1CCN(C(=O)c2cc(-c3cnc4c(c3)c(-c3ccccc3OC(F)(F)F)nn4COCC[Si](C)(C)C)ccc2NC(=O)OC(C)(C)C)C1.CN(C)C1CCN(C(=O)c2cc(-c3cnc4n[nH]c(-c5ccccc5OC(F)(F)F)c4c3)ccc2N)C1. The molecule has 2 fully saturated rings. The molecule has 2 saturated heterocycles. The second-order valence-corrected chi connectivity index (χ2v) is 30.2. The van der Waals surface area contributed by atoms with Crippen molar-refractivity contribution < 1.29 is 59.7 Å². The number of nitrogens with zero attached hydrogens (tertiary/aromatic N) is 9. The van der Waals surface area contributed by atoms with Crippen molar-refractivity contribution in [2.24, 2.45) is 0 Å². The van der Waals surface area contributed by atoms with Gasteiger partial charge in [0.1, 0.15) is 29.5 Å². The number of likely N-dealkylation sites (tertiary alicyclic amines) is 2. The van der Waals surface area contributed by atoms with Crippen molar-refractivity contribution in [2.75, 3.05) is 72.0 Å². The van der Waals surface area contributed by atoms with Gasteiger partial charge in [-0.3, -0.25) is 20.0 Å². The maximum absolute atomic E-state index is 14.0. The monoisotopic (exact) mass is 1250 g/mol. The smallest absolute Gasteiger partial charge is 0.444 e. The Kier molecular flexibility index (Phi) is 19.1. The van der Waals surface area contributed by atoms with Gasteiger partial charge in [0.2, 0.25) is 0 Å². The van der Waals surface area contributed by atoms with E-state index in [2.05, 4.69) is 64.5 Å². The van der Waals surface area contributed by atoms with Crippen molar-refractivity contribution >= 4 is 59.4 Å². The van der Waals surface area contributed by atoms with Crippen LogP contribution in [0.3, 0.4) is 0 Å². The number of hydrogen-bond donors (Lipinski definition) is 3. The zero-order chi connectivity index (χ0) is 64.3. The highest BCUT2D eigenvalue weighted by Crippen LogP contribution is 2.40. The van der Waals surface area contributed by atoms with E-state index in [4.69, 9.17) is 20.2 Å². The number of nitrogens with one attached hydrogen (secondary N) is 2. The molecule has 2 aliphatic rings. The third kappa shape index (κ3) is 16.2. The number of rotatable bonds is 16. The first-order chi connectivity index (χ1) is 41.9. The number of H-pyrrole nitrogens is 1. The molecule has 8 aromatic rings. The predicted octanol–water partition coefficient (Wildman–Crippen LogP) is 12.6. The number of pyridine rings is 2. The van der Waals surface area contributed by atoms with Crippen molar-refractivity contribution in [2.45, 2.75) is 96.4 Å². The maximum Gasteiger partial charge on any atom is 0.573 e. The largest absolute Gasteiger partial charge is 0.573 e. The Morgan fingerprint density at radius 2 is 1.24 bits per heavy atom. The summed E-state index contributed by atoms with van der Waals surface area (Å²) in [5, 5.41) is 15.3. The highest BCUT2D eigenvalue weighted by Gasteiger charge is 2.36. The van der Waals surface area contributed by atoms with Gasteiger partial charge in [0.15, 0.2) is 11.3 Å². The number of fused-ring (bicyclic) bond motifs is 2. The van der Waals surface area contributed by atoms with Gasteiger partial charge in [0.25, 0.3) is 11.8 Å². The Balaban J connectivity index is 0.000000223. The minimum absolute atomic E-state index is 0.0447. The van der Waals surface area contributed by atoms with Crippen LogP contribution in [0.2, 0.25) is 25.7 Å². The Labute approximate surface area is 512 Å². The van der Waals surface area contributed by atoms with Crippen LogP contribution >= 0.6 is 0 Å². The molecule has 0 bridgehead atoms.